The quantitative estimate of drug-likeness (QED) is 0.896. The summed E-state index contributed by atoms with van der Waals surface area (Å²) in [4.78, 5) is 0. The van der Waals surface area contributed by atoms with Gasteiger partial charge in [0, 0.05) is 25.5 Å². The van der Waals surface area contributed by atoms with Crippen LogP contribution >= 0.6 is 0 Å². The highest BCUT2D eigenvalue weighted by Crippen LogP contribution is 2.17. The van der Waals surface area contributed by atoms with Crippen LogP contribution in [0, 0.1) is 17.1 Å². The van der Waals surface area contributed by atoms with Gasteiger partial charge in [0.2, 0.25) is 0 Å². The van der Waals surface area contributed by atoms with Crippen LogP contribution in [0.5, 0.6) is 0 Å². The fourth-order valence-corrected chi connectivity index (χ4v) is 1.75. The van der Waals surface area contributed by atoms with E-state index in [1.807, 2.05) is 24.5 Å². The largest absolute Gasteiger partial charge is 0.380 e. The maximum atomic E-state index is 13.0. The summed E-state index contributed by atoms with van der Waals surface area (Å²) in [6, 6.07) is 8.17. The molecule has 4 heteroatoms. The van der Waals surface area contributed by atoms with E-state index in [0.29, 0.717) is 17.8 Å². The molecule has 18 heavy (non-hydrogen) atoms. The molecule has 0 fully saturated rings. The molecular weight excluding hydrogens is 229 g/mol. The molecule has 2 rings (SSSR count). The molecule has 1 N–H and O–H groups in total. The number of benzene rings is 1. The summed E-state index contributed by atoms with van der Waals surface area (Å²) in [5, 5.41) is 12.1. The number of aromatic nitrogens is 1. The Hall–Kier alpha value is -2.28. The number of aryl methyl sites for hydroxylation is 1. The van der Waals surface area contributed by atoms with Crippen molar-refractivity contribution < 1.29 is 4.39 Å². The van der Waals surface area contributed by atoms with Crippen LogP contribution < -0.4 is 5.32 Å². The minimum absolute atomic E-state index is 0.324. The zero-order valence-electron chi connectivity index (χ0n) is 10.2. The Morgan fingerprint density at radius 1 is 1.39 bits per heavy atom. The summed E-state index contributed by atoms with van der Waals surface area (Å²) in [5.41, 5.74) is 2.11. The number of anilines is 1. The van der Waals surface area contributed by atoms with Crippen molar-refractivity contribution in [2.24, 2.45) is 0 Å². The van der Waals surface area contributed by atoms with E-state index in [4.69, 9.17) is 5.26 Å². The van der Waals surface area contributed by atoms with Crippen LogP contribution in [0.15, 0.2) is 36.7 Å². The van der Waals surface area contributed by atoms with Gasteiger partial charge >= 0.3 is 0 Å². The molecule has 3 nitrogen and oxygen atoms in total. The van der Waals surface area contributed by atoms with Crippen LogP contribution in [-0.2, 0) is 13.1 Å². The zero-order chi connectivity index (χ0) is 13.0. The summed E-state index contributed by atoms with van der Waals surface area (Å²) in [7, 11) is 0. The smallest absolute Gasteiger partial charge is 0.124 e. The molecule has 0 saturated carbocycles. The number of nitriles is 1. The summed E-state index contributed by atoms with van der Waals surface area (Å²) in [6.45, 7) is 3.62. The van der Waals surface area contributed by atoms with Crippen molar-refractivity contribution in [2.45, 2.75) is 20.0 Å². The van der Waals surface area contributed by atoms with E-state index in [2.05, 4.69) is 16.8 Å². The molecule has 1 heterocycles. The van der Waals surface area contributed by atoms with Gasteiger partial charge in [-0.3, -0.25) is 0 Å². The lowest BCUT2D eigenvalue weighted by molar-refractivity contribution is 0.627. The van der Waals surface area contributed by atoms with E-state index >= 15 is 0 Å². The van der Waals surface area contributed by atoms with Gasteiger partial charge in [-0.15, -0.1) is 0 Å². The standard InChI is InChI=1S/C14H14FN3/c1-2-18-6-5-11(10-18)9-17-14-4-3-13(15)7-12(14)8-16/h3-7,10,17H,2,9H2,1H3. The maximum absolute atomic E-state index is 13.0. The molecule has 1 aromatic heterocycles. The van der Waals surface area contributed by atoms with Gasteiger partial charge in [-0.05, 0) is 36.8 Å². The van der Waals surface area contributed by atoms with E-state index in [-0.39, 0.29) is 0 Å². The van der Waals surface area contributed by atoms with E-state index in [1.165, 1.54) is 12.1 Å². The molecule has 0 aliphatic heterocycles. The van der Waals surface area contributed by atoms with Crippen molar-refractivity contribution in [3.05, 3.63) is 53.6 Å². The van der Waals surface area contributed by atoms with Crippen LogP contribution in [0.1, 0.15) is 18.1 Å². The van der Waals surface area contributed by atoms with E-state index in [1.54, 1.807) is 6.07 Å². The maximum Gasteiger partial charge on any atom is 0.124 e. The van der Waals surface area contributed by atoms with E-state index in [9.17, 15) is 4.39 Å². The van der Waals surface area contributed by atoms with Crippen molar-refractivity contribution >= 4 is 5.69 Å². The first-order valence-corrected chi connectivity index (χ1v) is 5.81. The highest BCUT2D eigenvalue weighted by molar-refractivity contribution is 5.57. The number of hydrogen-bond donors (Lipinski definition) is 1. The van der Waals surface area contributed by atoms with Crippen LogP contribution in [0.4, 0.5) is 10.1 Å². The predicted octanol–water partition coefficient (Wildman–Crippen LogP) is 3.13. The molecule has 0 atom stereocenters. The number of hydrogen-bond acceptors (Lipinski definition) is 2. The number of rotatable bonds is 4. The molecular formula is C14H14FN3. The SMILES string of the molecule is CCn1ccc(CNc2ccc(F)cc2C#N)c1. The minimum Gasteiger partial charge on any atom is -0.380 e. The fraction of sp³-hybridized carbons (Fsp3) is 0.214. The Balaban J connectivity index is 2.08. The molecule has 0 unspecified atom stereocenters. The van der Waals surface area contributed by atoms with Crippen molar-refractivity contribution in [3.8, 4) is 6.07 Å². The van der Waals surface area contributed by atoms with Crippen molar-refractivity contribution in [1.82, 2.24) is 4.57 Å². The average molecular weight is 243 g/mol. The average Bonchev–Trinajstić information content (AvgIpc) is 2.85. The van der Waals surface area contributed by atoms with Gasteiger partial charge in [0.1, 0.15) is 11.9 Å². The van der Waals surface area contributed by atoms with Crippen molar-refractivity contribution in [3.63, 3.8) is 0 Å². The summed E-state index contributed by atoms with van der Waals surface area (Å²) >= 11 is 0. The third kappa shape index (κ3) is 2.69. The highest BCUT2D eigenvalue weighted by atomic mass is 19.1. The lowest BCUT2D eigenvalue weighted by Crippen LogP contribution is -2.01. The van der Waals surface area contributed by atoms with Gasteiger partial charge < -0.3 is 9.88 Å². The summed E-state index contributed by atoms with van der Waals surface area (Å²) in [5.74, 6) is -0.394. The normalized spacial score (nSPS) is 10.1. The molecule has 0 radical (unpaired) electrons. The molecule has 1 aromatic carbocycles. The Kier molecular flexibility index (Phi) is 3.63. The molecule has 0 amide bonds. The van der Waals surface area contributed by atoms with E-state index < -0.39 is 5.82 Å². The van der Waals surface area contributed by atoms with Gasteiger partial charge in [0.25, 0.3) is 0 Å². The summed E-state index contributed by atoms with van der Waals surface area (Å²) in [6.07, 6.45) is 4.05. The third-order valence-electron chi connectivity index (χ3n) is 2.76. The Morgan fingerprint density at radius 3 is 2.89 bits per heavy atom. The van der Waals surface area contributed by atoms with Crippen molar-refractivity contribution in [2.75, 3.05) is 5.32 Å². The van der Waals surface area contributed by atoms with Gasteiger partial charge in [0.15, 0.2) is 0 Å². The molecule has 0 bridgehead atoms. The molecule has 2 aromatic rings. The first-order valence-electron chi connectivity index (χ1n) is 5.81. The first kappa shape index (κ1) is 12.2. The molecule has 92 valence electrons. The number of halogens is 1. The summed E-state index contributed by atoms with van der Waals surface area (Å²) < 4.78 is 15.0. The number of nitrogens with zero attached hydrogens (tertiary/aromatic N) is 2. The molecule has 0 spiro atoms. The van der Waals surface area contributed by atoms with Gasteiger partial charge in [0.05, 0.1) is 11.3 Å². The Labute approximate surface area is 105 Å². The third-order valence-corrected chi connectivity index (χ3v) is 2.76. The Morgan fingerprint density at radius 2 is 2.22 bits per heavy atom. The van der Waals surface area contributed by atoms with Crippen molar-refractivity contribution in [1.29, 1.82) is 5.26 Å². The van der Waals surface area contributed by atoms with Crippen LogP contribution in [0.2, 0.25) is 0 Å². The fourth-order valence-electron chi connectivity index (χ4n) is 1.75. The topological polar surface area (TPSA) is 40.8 Å². The minimum atomic E-state index is -0.394. The predicted molar refractivity (Wildman–Crippen MR) is 68.5 cm³/mol. The van der Waals surface area contributed by atoms with Gasteiger partial charge in [-0.25, -0.2) is 4.39 Å². The highest BCUT2D eigenvalue weighted by Gasteiger charge is 2.03. The van der Waals surface area contributed by atoms with E-state index in [0.717, 1.165) is 12.1 Å². The molecule has 0 aliphatic rings. The van der Waals surface area contributed by atoms with Crippen LogP contribution in [0.3, 0.4) is 0 Å². The van der Waals surface area contributed by atoms with Crippen LogP contribution in [-0.4, -0.2) is 4.57 Å². The number of nitrogens with one attached hydrogen (secondary N) is 1. The first-order chi connectivity index (χ1) is 8.72. The van der Waals surface area contributed by atoms with Gasteiger partial charge in [-0.1, -0.05) is 0 Å². The monoisotopic (exact) mass is 243 g/mol. The zero-order valence-corrected chi connectivity index (χ0v) is 10.2. The molecule has 0 aliphatic carbocycles. The molecule has 0 saturated heterocycles. The lowest BCUT2D eigenvalue weighted by Gasteiger charge is -2.07. The second kappa shape index (κ2) is 5.37. The lowest BCUT2D eigenvalue weighted by atomic mass is 10.2. The second-order valence-electron chi connectivity index (χ2n) is 4.01. The van der Waals surface area contributed by atoms with Gasteiger partial charge in [-0.2, -0.15) is 5.26 Å². The van der Waals surface area contributed by atoms with Crippen LogP contribution in [0.25, 0.3) is 0 Å². The Bertz CT molecular complexity index is 581. The second-order valence-corrected chi connectivity index (χ2v) is 4.01.